The normalized spacial score (nSPS) is 21.8. The number of carbonyl (C=O) groups is 1. The van der Waals surface area contributed by atoms with Crippen LogP contribution in [-0.4, -0.2) is 47.2 Å². The first kappa shape index (κ1) is 17.0. The highest BCUT2D eigenvalue weighted by molar-refractivity contribution is 7.13. The molecule has 3 N–H and O–H groups in total. The summed E-state index contributed by atoms with van der Waals surface area (Å²) in [5, 5.41) is 10.9. The number of carbonyl (C=O) groups excluding carboxylic acids is 1. The number of amides is 1. The first-order valence-electron chi connectivity index (χ1n) is 7.95. The molecule has 0 radical (unpaired) electrons. The second-order valence-electron chi connectivity index (χ2n) is 6.02. The van der Waals surface area contributed by atoms with Gasteiger partial charge in [-0.15, -0.1) is 10.2 Å². The molecule has 1 amide bonds. The van der Waals surface area contributed by atoms with E-state index in [1.165, 1.54) is 16.9 Å². The molecule has 2 aromatic rings. The van der Waals surface area contributed by atoms with Crippen LogP contribution in [-0.2, 0) is 4.79 Å². The van der Waals surface area contributed by atoms with Gasteiger partial charge < -0.3 is 0 Å². The van der Waals surface area contributed by atoms with E-state index in [9.17, 15) is 4.79 Å². The average Bonchev–Trinajstić information content (AvgIpc) is 3.26. The molecule has 1 fully saturated rings. The summed E-state index contributed by atoms with van der Waals surface area (Å²) in [6, 6.07) is 10.4. The SMILES string of the molecule is CC(C(=O)Nc1nncs1)N(C)CC1CNNC1c1ccccc1. The highest BCUT2D eigenvalue weighted by Gasteiger charge is 2.31. The molecule has 0 saturated carbocycles. The van der Waals surface area contributed by atoms with E-state index in [4.69, 9.17) is 0 Å². The zero-order valence-corrected chi connectivity index (χ0v) is 14.6. The number of rotatable bonds is 6. The van der Waals surface area contributed by atoms with Gasteiger partial charge in [-0.05, 0) is 19.5 Å². The van der Waals surface area contributed by atoms with Gasteiger partial charge in [0.2, 0.25) is 11.0 Å². The number of anilines is 1. The van der Waals surface area contributed by atoms with Gasteiger partial charge in [0.1, 0.15) is 5.51 Å². The Kier molecular flexibility index (Phi) is 5.52. The number of benzene rings is 1. The van der Waals surface area contributed by atoms with Crippen LogP contribution in [0.1, 0.15) is 18.5 Å². The molecule has 0 bridgehead atoms. The first-order valence-corrected chi connectivity index (χ1v) is 8.83. The summed E-state index contributed by atoms with van der Waals surface area (Å²) in [6.07, 6.45) is 0. The molecular formula is C16H22N6OS. The molecule has 1 aliphatic rings. The highest BCUT2D eigenvalue weighted by atomic mass is 32.1. The lowest BCUT2D eigenvalue weighted by Crippen LogP contribution is -2.43. The Morgan fingerprint density at radius 1 is 1.46 bits per heavy atom. The zero-order valence-electron chi connectivity index (χ0n) is 13.8. The van der Waals surface area contributed by atoms with Crippen molar-refractivity contribution in [1.29, 1.82) is 0 Å². The van der Waals surface area contributed by atoms with Crippen LogP contribution < -0.4 is 16.2 Å². The first-order chi connectivity index (χ1) is 11.6. The molecule has 1 aromatic heterocycles. The molecule has 3 atom stereocenters. The van der Waals surface area contributed by atoms with Crippen LogP contribution in [0.15, 0.2) is 35.8 Å². The van der Waals surface area contributed by atoms with E-state index in [2.05, 4.69) is 43.4 Å². The molecule has 3 rings (SSSR count). The van der Waals surface area contributed by atoms with E-state index in [-0.39, 0.29) is 18.0 Å². The van der Waals surface area contributed by atoms with Crippen LogP contribution in [0.25, 0.3) is 0 Å². The van der Waals surface area contributed by atoms with Gasteiger partial charge in [-0.2, -0.15) is 0 Å². The number of hydrogen-bond donors (Lipinski definition) is 3. The Labute approximate surface area is 145 Å². The van der Waals surface area contributed by atoms with Gasteiger partial charge in [-0.1, -0.05) is 41.7 Å². The summed E-state index contributed by atoms with van der Waals surface area (Å²) in [4.78, 5) is 14.4. The number of aromatic nitrogens is 2. The Hall–Kier alpha value is -1.87. The van der Waals surface area contributed by atoms with Gasteiger partial charge in [0.15, 0.2) is 0 Å². The van der Waals surface area contributed by atoms with Crippen LogP contribution in [0.3, 0.4) is 0 Å². The topological polar surface area (TPSA) is 82.2 Å². The van der Waals surface area contributed by atoms with Crippen molar-refractivity contribution in [3.63, 3.8) is 0 Å². The number of nitrogens with zero attached hydrogens (tertiary/aromatic N) is 3. The van der Waals surface area contributed by atoms with Crippen molar-refractivity contribution in [2.75, 3.05) is 25.5 Å². The summed E-state index contributed by atoms with van der Waals surface area (Å²) in [5.41, 5.74) is 9.43. The standard InChI is InChI=1S/C16H22N6OS/c1-11(15(23)19-16-21-18-10-24-16)22(2)9-13-8-17-20-14(13)12-6-4-3-5-7-12/h3-7,10-11,13-14,17,20H,8-9H2,1-2H3,(H,19,21,23). The van der Waals surface area contributed by atoms with E-state index in [1.54, 1.807) is 5.51 Å². The minimum Gasteiger partial charge on any atom is -0.299 e. The van der Waals surface area contributed by atoms with E-state index >= 15 is 0 Å². The van der Waals surface area contributed by atoms with Crippen molar-refractivity contribution < 1.29 is 4.79 Å². The molecular weight excluding hydrogens is 324 g/mol. The number of hydrazine groups is 1. The fourth-order valence-electron chi connectivity index (χ4n) is 2.89. The maximum absolute atomic E-state index is 12.3. The summed E-state index contributed by atoms with van der Waals surface area (Å²) < 4.78 is 0. The van der Waals surface area contributed by atoms with Crippen LogP contribution in [0.2, 0.25) is 0 Å². The average molecular weight is 346 g/mol. The van der Waals surface area contributed by atoms with Gasteiger partial charge in [-0.25, -0.2) is 5.43 Å². The van der Waals surface area contributed by atoms with E-state index in [1.807, 2.05) is 32.2 Å². The smallest absolute Gasteiger partial charge is 0.243 e. The lowest BCUT2D eigenvalue weighted by Gasteiger charge is -2.28. The minimum absolute atomic E-state index is 0.0653. The van der Waals surface area contributed by atoms with E-state index < -0.39 is 0 Å². The van der Waals surface area contributed by atoms with Crippen molar-refractivity contribution in [1.82, 2.24) is 25.9 Å². The van der Waals surface area contributed by atoms with Crippen LogP contribution in [0.5, 0.6) is 0 Å². The van der Waals surface area contributed by atoms with E-state index in [0.717, 1.165) is 13.1 Å². The van der Waals surface area contributed by atoms with Gasteiger partial charge in [0.05, 0.1) is 12.1 Å². The van der Waals surface area contributed by atoms with Crippen molar-refractivity contribution in [3.8, 4) is 0 Å². The number of likely N-dealkylation sites (N-methyl/N-ethyl adjacent to an activating group) is 1. The summed E-state index contributed by atoms with van der Waals surface area (Å²) >= 11 is 1.32. The second kappa shape index (κ2) is 7.80. The lowest BCUT2D eigenvalue weighted by molar-refractivity contribution is -0.120. The molecule has 0 spiro atoms. The van der Waals surface area contributed by atoms with Crippen molar-refractivity contribution in [3.05, 3.63) is 41.4 Å². The van der Waals surface area contributed by atoms with Crippen LogP contribution >= 0.6 is 11.3 Å². The van der Waals surface area contributed by atoms with Crippen molar-refractivity contribution >= 4 is 22.4 Å². The maximum atomic E-state index is 12.3. The van der Waals surface area contributed by atoms with Crippen molar-refractivity contribution in [2.45, 2.75) is 19.0 Å². The Morgan fingerprint density at radius 2 is 2.25 bits per heavy atom. The minimum atomic E-state index is -0.245. The number of hydrogen-bond acceptors (Lipinski definition) is 7. The molecule has 24 heavy (non-hydrogen) atoms. The molecule has 7 nitrogen and oxygen atoms in total. The van der Waals surface area contributed by atoms with Crippen LogP contribution in [0, 0.1) is 5.92 Å². The van der Waals surface area contributed by atoms with Crippen LogP contribution in [0.4, 0.5) is 5.13 Å². The summed E-state index contributed by atoms with van der Waals surface area (Å²) in [6.45, 7) is 3.59. The third kappa shape index (κ3) is 3.96. The van der Waals surface area contributed by atoms with E-state index in [0.29, 0.717) is 11.0 Å². The number of nitrogens with one attached hydrogen (secondary N) is 3. The summed E-state index contributed by atoms with van der Waals surface area (Å²) in [7, 11) is 1.98. The quantitative estimate of drug-likeness (QED) is 0.731. The highest BCUT2D eigenvalue weighted by Crippen LogP contribution is 2.25. The predicted molar refractivity (Wildman–Crippen MR) is 94.4 cm³/mol. The molecule has 8 heteroatoms. The third-order valence-corrected chi connectivity index (χ3v) is 5.01. The predicted octanol–water partition coefficient (Wildman–Crippen LogP) is 1.26. The van der Waals surface area contributed by atoms with Gasteiger partial charge in [0.25, 0.3) is 0 Å². The van der Waals surface area contributed by atoms with Gasteiger partial charge in [-0.3, -0.25) is 20.4 Å². The molecule has 3 unspecified atom stereocenters. The largest absolute Gasteiger partial charge is 0.299 e. The molecule has 1 aliphatic heterocycles. The molecule has 1 saturated heterocycles. The Bertz CT molecular complexity index is 650. The van der Waals surface area contributed by atoms with Crippen molar-refractivity contribution in [2.24, 2.45) is 5.92 Å². The third-order valence-electron chi connectivity index (χ3n) is 4.41. The fourth-order valence-corrected chi connectivity index (χ4v) is 3.33. The Balaban J connectivity index is 1.59. The Morgan fingerprint density at radius 3 is 2.96 bits per heavy atom. The molecule has 0 aliphatic carbocycles. The van der Waals surface area contributed by atoms with Gasteiger partial charge in [0, 0.05) is 19.0 Å². The molecule has 128 valence electrons. The lowest BCUT2D eigenvalue weighted by atomic mass is 9.94. The maximum Gasteiger partial charge on any atom is 0.243 e. The second-order valence-corrected chi connectivity index (χ2v) is 6.86. The fraction of sp³-hybridized carbons (Fsp3) is 0.438. The summed E-state index contributed by atoms with van der Waals surface area (Å²) in [5.74, 6) is 0.318. The zero-order chi connectivity index (χ0) is 16.9. The monoisotopic (exact) mass is 346 g/mol. The van der Waals surface area contributed by atoms with Gasteiger partial charge >= 0.3 is 0 Å². The molecule has 2 heterocycles. The molecule has 1 aromatic carbocycles.